The molecule has 2 rings (SSSR count). The predicted octanol–water partition coefficient (Wildman–Crippen LogP) is 3.42. The molecule has 0 aromatic heterocycles. The van der Waals surface area contributed by atoms with E-state index in [1.54, 1.807) is 0 Å². The standard InChI is InChI=1S/C10H20N2O.C9H19NO/c1-2-3-8-12(9-13)10-4-6-11-7-5-10;1-8(2)6-5-7-9(3,4)10(8)11/h9-11H,2-8H2,1H3;11H,5-7H2,1-4H3. The monoisotopic (exact) mass is 341 g/mol. The molecule has 24 heavy (non-hydrogen) atoms. The molecule has 2 N–H and O–H groups in total. The number of carbonyl (C=O) groups is 1. The van der Waals surface area contributed by atoms with Gasteiger partial charge in [0.05, 0.1) is 0 Å². The minimum atomic E-state index is -0.0399. The molecule has 2 aliphatic heterocycles. The fraction of sp³-hybridized carbons (Fsp3) is 0.947. The van der Waals surface area contributed by atoms with Gasteiger partial charge in [0.2, 0.25) is 6.41 Å². The third-order valence-electron chi connectivity index (χ3n) is 5.41. The number of carbonyl (C=O) groups excluding carboxylic acids is 1. The van der Waals surface area contributed by atoms with Gasteiger partial charge in [-0.05, 0) is 79.3 Å². The number of unbranched alkanes of at least 4 members (excludes halogenated alkanes) is 1. The van der Waals surface area contributed by atoms with Crippen molar-refractivity contribution in [1.82, 2.24) is 15.3 Å². The van der Waals surface area contributed by atoms with Crippen LogP contribution in [0.15, 0.2) is 0 Å². The zero-order chi connectivity index (χ0) is 18.2. The van der Waals surface area contributed by atoms with Crippen molar-refractivity contribution in [3.63, 3.8) is 0 Å². The van der Waals surface area contributed by atoms with E-state index in [4.69, 9.17) is 0 Å². The number of hydroxylamine groups is 2. The lowest BCUT2D eigenvalue weighted by Crippen LogP contribution is -2.56. The van der Waals surface area contributed by atoms with E-state index in [1.807, 2.05) is 4.90 Å². The maximum Gasteiger partial charge on any atom is 0.209 e. The van der Waals surface area contributed by atoms with Gasteiger partial charge in [-0.15, -0.1) is 0 Å². The first-order valence-corrected chi connectivity index (χ1v) is 9.65. The average Bonchev–Trinajstić information content (AvgIpc) is 2.55. The molecule has 142 valence electrons. The predicted molar refractivity (Wildman–Crippen MR) is 99.2 cm³/mol. The van der Waals surface area contributed by atoms with Gasteiger partial charge in [0.1, 0.15) is 0 Å². The molecule has 0 radical (unpaired) electrons. The summed E-state index contributed by atoms with van der Waals surface area (Å²) in [7, 11) is 0. The van der Waals surface area contributed by atoms with Crippen molar-refractivity contribution in [3.05, 3.63) is 0 Å². The summed E-state index contributed by atoms with van der Waals surface area (Å²) < 4.78 is 0. The van der Waals surface area contributed by atoms with Crippen LogP contribution in [0.1, 0.15) is 79.6 Å². The molecule has 0 aromatic carbocycles. The first-order chi connectivity index (χ1) is 11.2. The molecule has 0 spiro atoms. The Morgan fingerprint density at radius 2 is 1.71 bits per heavy atom. The zero-order valence-corrected chi connectivity index (χ0v) is 16.5. The van der Waals surface area contributed by atoms with Crippen LogP contribution in [0.2, 0.25) is 0 Å². The van der Waals surface area contributed by atoms with Gasteiger partial charge >= 0.3 is 0 Å². The van der Waals surface area contributed by atoms with Gasteiger partial charge in [-0.1, -0.05) is 13.3 Å². The fourth-order valence-electron chi connectivity index (χ4n) is 3.79. The molecule has 0 bridgehead atoms. The van der Waals surface area contributed by atoms with E-state index in [1.165, 1.54) is 11.5 Å². The van der Waals surface area contributed by atoms with Gasteiger partial charge in [-0.3, -0.25) is 4.79 Å². The fourth-order valence-corrected chi connectivity index (χ4v) is 3.79. The highest BCUT2D eigenvalue weighted by Gasteiger charge is 2.40. The first kappa shape index (κ1) is 21.4. The van der Waals surface area contributed by atoms with Crippen molar-refractivity contribution in [2.24, 2.45) is 0 Å². The van der Waals surface area contributed by atoms with Crippen LogP contribution in [0.25, 0.3) is 0 Å². The molecule has 0 aromatic rings. The van der Waals surface area contributed by atoms with Gasteiger partial charge in [0.15, 0.2) is 0 Å². The van der Waals surface area contributed by atoms with Crippen LogP contribution >= 0.6 is 0 Å². The Kier molecular flexibility index (Phi) is 8.68. The summed E-state index contributed by atoms with van der Waals surface area (Å²) in [5.74, 6) is 0. The van der Waals surface area contributed by atoms with Gasteiger partial charge in [-0.2, -0.15) is 5.06 Å². The van der Waals surface area contributed by atoms with Gasteiger partial charge < -0.3 is 15.4 Å². The highest BCUT2D eigenvalue weighted by molar-refractivity contribution is 5.47. The molecule has 2 fully saturated rings. The van der Waals surface area contributed by atoms with E-state index in [9.17, 15) is 10.0 Å². The smallest absolute Gasteiger partial charge is 0.209 e. The topological polar surface area (TPSA) is 55.8 Å². The maximum absolute atomic E-state index is 10.8. The summed E-state index contributed by atoms with van der Waals surface area (Å²) in [5, 5.41) is 14.6. The van der Waals surface area contributed by atoms with E-state index < -0.39 is 0 Å². The number of hydrogen-bond donors (Lipinski definition) is 2. The lowest BCUT2D eigenvalue weighted by Gasteiger charge is -2.48. The van der Waals surface area contributed by atoms with Crippen molar-refractivity contribution >= 4 is 6.41 Å². The molecule has 0 aliphatic carbocycles. The Morgan fingerprint density at radius 3 is 2.12 bits per heavy atom. The third-order valence-corrected chi connectivity index (χ3v) is 5.41. The normalized spacial score (nSPS) is 23.9. The van der Waals surface area contributed by atoms with Crippen LogP contribution in [0, 0.1) is 0 Å². The molecule has 0 saturated carbocycles. The Bertz CT molecular complexity index is 350. The van der Waals surface area contributed by atoms with Crippen LogP contribution in [-0.4, -0.2) is 58.3 Å². The third kappa shape index (κ3) is 6.34. The van der Waals surface area contributed by atoms with Crippen LogP contribution < -0.4 is 5.32 Å². The van der Waals surface area contributed by atoms with Crippen molar-refractivity contribution in [3.8, 4) is 0 Å². The van der Waals surface area contributed by atoms with Gasteiger partial charge in [0, 0.05) is 23.7 Å². The molecular formula is C19H39N3O2. The average molecular weight is 342 g/mol. The summed E-state index contributed by atoms with van der Waals surface area (Å²) >= 11 is 0. The highest BCUT2D eigenvalue weighted by Crippen LogP contribution is 2.35. The van der Waals surface area contributed by atoms with Crippen molar-refractivity contribution in [2.45, 2.75) is 96.7 Å². The number of amides is 1. The van der Waals surface area contributed by atoms with E-state index in [0.717, 1.165) is 64.6 Å². The lowest BCUT2D eigenvalue weighted by molar-refractivity contribution is -0.241. The molecule has 2 saturated heterocycles. The summed E-state index contributed by atoms with van der Waals surface area (Å²) in [6.07, 6.45) is 8.94. The minimum Gasteiger partial charge on any atom is -0.342 e. The van der Waals surface area contributed by atoms with Gasteiger partial charge in [0.25, 0.3) is 0 Å². The Hall–Kier alpha value is -0.650. The van der Waals surface area contributed by atoms with Crippen LogP contribution in [0.3, 0.4) is 0 Å². The number of rotatable bonds is 5. The summed E-state index contributed by atoms with van der Waals surface area (Å²) in [4.78, 5) is 12.8. The molecule has 1 amide bonds. The SMILES string of the molecule is CC1(C)CCCC(C)(C)N1O.CCCCN(C=O)C1CCNCC1. The minimum absolute atomic E-state index is 0.0399. The molecule has 5 nitrogen and oxygen atoms in total. The molecule has 0 unspecified atom stereocenters. The summed E-state index contributed by atoms with van der Waals surface area (Å²) in [6.45, 7) is 13.6. The molecule has 2 heterocycles. The van der Waals surface area contributed by atoms with E-state index in [2.05, 4.69) is 39.9 Å². The maximum atomic E-state index is 10.8. The zero-order valence-electron chi connectivity index (χ0n) is 16.5. The van der Waals surface area contributed by atoms with Gasteiger partial charge in [-0.25, -0.2) is 0 Å². The number of piperidine rings is 2. The van der Waals surface area contributed by atoms with Crippen LogP contribution in [0.4, 0.5) is 0 Å². The van der Waals surface area contributed by atoms with Crippen LogP contribution in [-0.2, 0) is 4.79 Å². The van der Waals surface area contributed by atoms with Crippen molar-refractivity contribution < 1.29 is 10.0 Å². The molecule has 5 heteroatoms. The largest absolute Gasteiger partial charge is 0.342 e. The van der Waals surface area contributed by atoms with E-state index in [-0.39, 0.29) is 11.1 Å². The second-order valence-electron chi connectivity index (χ2n) is 8.47. The molecule has 2 aliphatic rings. The first-order valence-electron chi connectivity index (χ1n) is 9.65. The number of nitrogens with zero attached hydrogens (tertiary/aromatic N) is 2. The van der Waals surface area contributed by atoms with Crippen molar-refractivity contribution in [2.75, 3.05) is 19.6 Å². The summed E-state index contributed by atoms with van der Waals surface area (Å²) in [6, 6.07) is 0.491. The van der Waals surface area contributed by atoms with Crippen LogP contribution in [0.5, 0.6) is 0 Å². The second kappa shape index (κ2) is 9.73. The second-order valence-corrected chi connectivity index (χ2v) is 8.47. The highest BCUT2D eigenvalue weighted by atomic mass is 16.5. The number of hydrogen-bond acceptors (Lipinski definition) is 4. The Labute approximate surface area is 148 Å². The quantitative estimate of drug-likeness (QED) is 0.752. The van der Waals surface area contributed by atoms with Crippen molar-refractivity contribution in [1.29, 1.82) is 0 Å². The lowest BCUT2D eigenvalue weighted by atomic mass is 9.82. The molecular weight excluding hydrogens is 302 g/mol. The Morgan fingerprint density at radius 1 is 1.17 bits per heavy atom. The van der Waals surface area contributed by atoms with E-state index >= 15 is 0 Å². The molecule has 0 atom stereocenters. The number of nitrogens with one attached hydrogen (secondary N) is 1. The van der Waals surface area contributed by atoms with E-state index in [0.29, 0.717) is 6.04 Å². The Balaban J connectivity index is 0.000000243. The summed E-state index contributed by atoms with van der Waals surface area (Å²) in [5.41, 5.74) is -0.0799.